The maximum atomic E-state index is 13.2. The van der Waals surface area contributed by atoms with E-state index in [1.54, 1.807) is 30.7 Å². The standard InChI is InChI=1S/C24H27F2N5O3S/c1-13-8-19(22(25)26)29-31(13)15(3)24(34)30-11-18(32)9-20(30)23(33)27-10-16-4-6-17(7-5-16)21-14(2)28-12-35-21/h4-8,12,15,18,20,22,32H,9-11H2,1-3H3,(H,27,33). The fraction of sp³-hybridized carbons (Fsp3) is 0.417. The van der Waals surface area contributed by atoms with Crippen molar-refractivity contribution in [3.05, 3.63) is 58.5 Å². The van der Waals surface area contributed by atoms with Gasteiger partial charge in [-0.2, -0.15) is 5.10 Å². The number of carbonyl (C=O) groups is 2. The summed E-state index contributed by atoms with van der Waals surface area (Å²) in [6, 6.07) is 7.27. The molecule has 1 aliphatic rings. The number of aliphatic hydroxyl groups excluding tert-OH is 1. The van der Waals surface area contributed by atoms with Gasteiger partial charge in [0.25, 0.3) is 6.43 Å². The highest BCUT2D eigenvalue weighted by atomic mass is 32.1. The van der Waals surface area contributed by atoms with Crippen LogP contribution in [0.3, 0.4) is 0 Å². The molecular weight excluding hydrogens is 476 g/mol. The number of benzene rings is 1. The van der Waals surface area contributed by atoms with Crippen LogP contribution >= 0.6 is 11.3 Å². The van der Waals surface area contributed by atoms with E-state index >= 15 is 0 Å². The van der Waals surface area contributed by atoms with Crippen LogP contribution in [0.25, 0.3) is 10.4 Å². The molecule has 4 rings (SSSR count). The summed E-state index contributed by atoms with van der Waals surface area (Å²) in [5.41, 5.74) is 4.71. The van der Waals surface area contributed by atoms with Gasteiger partial charge in [-0.1, -0.05) is 24.3 Å². The van der Waals surface area contributed by atoms with Gasteiger partial charge in [-0.05, 0) is 38.0 Å². The average molecular weight is 504 g/mol. The number of carbonyl (C=O) groups excluding carboxylic acids is 2. The molecule has 2 amide bonds. The van der Waals surface area contributed by atoms with Crippen LogP contribution in [0.4, 0.5) is 8.78 Å². The predicted molar refractivity (Wildman–Crippen MR) is 127 cm³/mol. The first kappa shape index (κ1) is 24.9. The van der Waals surface area contributed by atoms with Crippen LogP contribution in [0.1, 0.15) is 48.5 Å². The van der Waals surface area contributed by atoms with Gasteiger partial charge in [-0.25, -0.2) is 13.8 Å². The van der Waals surface area contributed by atoms with Gasteiger partial charge in [0, 0.05) is 25.2 Å². The van der Waals surface area contributed by atoms with Gasteiger partial charge < -0.3 is 15.3 Å². The first-order valence-corrected chi connectivity index (χ1v) is 12.1. The molecule has 1 aliphatic heterocycles. The highest BCUT2D eigenvalue weighted by Gasteiger charge is 2.41. The smallest absolute Gasteiger partial charge is 0.282 e. The number of aromatic nitrogens is 3. The molecule has 186 valence electrons. The van der Waals surface area contributed by atoms with E-state index in [0.29, 0.717) is 5.69 Å². The highest BCUT2D eigenvalue weighted by Crippen LogP contribution is 2.28. The predicted octanol–water partition coefficient (Wildman–Crippen LogP) is 3.40. The molecule has 35 heavy (non-hydrogen) atoms. The minimum absolute atomic E-state index is 0.00776. The van der Waals surface area contributed by atoms with E-state index in [2.05, 4.69) is 15.4 Å². The van der Waals surface area contributed by atoms with Gasteiger partial charge >= 0.3 is 0 Å². The van der Waals surface area contributed by atoms with Crippen LogP contribution < -0.4 is 5.32 Å². The number of aryl methyl sites for hydroxylation is 2. The number of β-amino-alcohol motifs (C(OH)–C–C–N with tert-alkyl or cyclic N) is 1. The number of likely N-dealkylation sites (tertiary alicyclic amines) is 1. The number of alkyl halides is 2. The second-order valence-electron chi connectivity index (χ2n) is 8.71. The van der Waals surface area contributed by atoms with E-state index in [1.807, 2.05) is 31.2 Å². The topological polar surface area (TPSA) is 100 Å². The number of amides is 2. The summed E-state index contributed by atoms with van der Waals surface area (Å²) in [4.78, 5) is 32.8. The molecule has 0 saturated carbocycles. The Morgan fingerprint density at radius 3 is 2.57 bits per heavy atom. The van der Waals surface area contributed by atoms with Crippen molar-refractivity contribution >= 4 is 23.2 Å². The van der Waals surface area contributed by atoms with Gasteiger partial charge in [0.1, 0.15) is 17.8 Å². The van der Waals surface area contributed by atoms with Crippen LogP contribution in [0.15, 0.2) is 35.8 Å². The zero-order valence-electron chi connectivity index (χ0n) is 19.6. The molecule has 3 unspecified atom stereocenters. The zero-order valence-corrected chi connectivity index (χ0v) is 20.4. The Morgan fingerprint density at radius 1 is 1.26 bits per heavy atom. The molecule has 3 aromatic rings. The number of thiazole rings is 1. The highest BCUT2D eigenvalue weighted by molar-refractivity contribution is 7.13. The second-order valence-corrected chi connectivity index (χ2v) is 9.56. The fourth-order valence-electron chi connectivity index (χ4n) is 4.32. The SMILES string of the molecule is Cc1ncsc1-c1ccc(CNC(=O)C2CC(O)CN2C(=O)C(C)n2nc(C(F)F)cc2C)cc1. The first-order chi connectivity index (χ1) is 16.7. The number of aliphatic hydroxyl groups is 1. The van der Waals surface area contributed by atoms with E-state index in [4.69, 9.17) is 0 Å². The van der Waals surface area contributed by atoms with Crippen LogP contribution in [0.2, 0.25) is 0 Å². The molecule has 1 aromatic carbocycles. The minimum atomic E-state index is -2.75. The summed E-state index contributed by atoms with van der Waals surface area (Å²) in [7, 11) is 0. The van der Waals surface area contributed by atoms with Crippen LogP contribution in [0, 0.1) is 13.8 Å². The van der Waals surface area contributed by atoms with E-state index in [9.17, 15) is 23.5 Å². The van der Waals surface area contributed by atoms with Crippen LogP contribution in [0.5, 0.6) is 0 Å². The van der Waals surface area contributed by atoms with Crippen molar-refractivity contribution in [2.45, 2.75) is 58.3 Å². The molecule has 0 radical (unpaired) electrons. The van der Waals surface area contributed by atoms with Crippen molar-refractivity contribution in [3.8, 4) is 10.4 Å². The first-order valence-electron chi connectivity index (χ1n) is 11.3. The number of nitrogens with one attached hydrogen (secondary N) is 1. The van der Waals surface area contributed by atoms with E-state index < -0.39 is 36.2 Å². The summed E-state index contributed by atoms with van der Waals surface area (Å²) >= 11 is 1.57. The van der Waals surface area contributed by atoms with Crippen LogP contribution in [-0.4, -0.2) is 55.3 Å². The van der Waals surface area contributed by atoms with E-state index in [-0.39, 0.29) is 25.4 Å². The quantitative estimate of drug-likeness (QED) is 0.515. The molecule has 0 bridgehead atoms. The number of hydrogen-bond donors (Lipinski definition) is 2. The average Bonchev–Trinajstić information content (AvgIpc) is 3.55. The molecule has 3 heterocycles. The second kappa shape index (κ2) is 10.2. The third kappa shape index (κ3) is 5.25. The fourth-order valence-corrected chi connectivity index (χ4v) is 5.13. The molecule has 8 nitrogen and oxygen atoms in total. The lowest BCUT2D eigenvalue weighted by Crippen LogP contribution is -2.47. The lowest BCUT2D eigenvalue weighted by atomic mass is 10.1. The van der Waals surface area contributed by atoms with Crippen molar-refractivity contribution in [1.29, 1.82) is 0 Å². The number of nitrogens with zero attached hydrogens (tertiary/aromatic N) is 4. The summed E-state index contributed by atoms with van der Waals surface area (Å²) in [6.45, 7) is 5.35. The molecule has 0 spiro atoms. The zero-order chi connectivity index (χ0) is 25.3. The molecule has 1 saturated heterocycles. The third-order valence-electron chi connectivity index (χ3n) is 6.18. The Hall–Kier alpha value is -3.18. The van der Waals surface area contributed by atoms with Gasteiger partial charge in [-0.3, -0.25) is 14.3 Å². The minimum Gasteiger partial charge on any atom is -0.391 e. The van der Waals surface area contributed by atoms with Crippen molar-refractivity contribution < 1.29 is 23.5 Å². The Kier molecular flexibility index (Phi) is 7.27. The van der Waals surface area contributed by atoms with E-state index in [0.717, 1.165) is 21.7 Å². The molecular formula is C24H27F2N5O3S. The monoisotopic (exact) mass is 503 g/mol. The van der Waals surface area contributed by atoms with Gasteiger partial charge in [-0.15, -0.1) is 11.3 Å². The third-order valence-corrected chi connectivity index (χ3v) is 7.16. The Labute approximate surface area is 205 Å². The lowest BCUT2D eigenvalue weighted by molar-refractivity contribution is -0.141. The summed E-state index contributed by atoms with van der Waals surface area (Å²) in [6.07, 6.45) is -3.49. The van der Waals surface area contributed by atoms with Gasteiger partial charge in [0.15, 0.2) is 0 Å². The normalized spacial score (nSPS) is 18.8. The van der Waals surface area contributed by atoms with Gasteiger partial charge in [0.05, 0.1) is 22.2 Å². The van der Waals surface area contributed by atoms with Crippen LogP contribution in [-0.2, 0) is 16.1 Å². The maximum Gasteiger partial charge on any atom is 0.282 e. The Bertz CT molecular complexity index is 1210. The van der Waals surface area contributed by atoms with Crippen molar-refractivity contribution in [1.82, 2.24) is 25.0 Å². The molecule has 11 heteroatoms. The largest absolute Gasteiger partial charge is 0.391 e. The molecule has 0 aliphatic carbocycles. The lowest BCUT2D eigenvalue weighted by Gasteiger charge is -2.27. The summed E-state index contributed by atoms with van der Waals surface area (Å²) in [5, 5.41) is 16.9. The van der Waals surface area contributed by atoms with Crippen molar-refractivity contribution in [2.24, 2.45) is 0 Å². The molecule has 1 fully saturated rings. The summed E-state index contributed by atoms with van der Waals surface area (Å²) < 4.78 is 27.3. The maximum absolute atomic E-state index is 13.2. The molecule has 2 aromatic heterocycles. The van der Waals surface area contributed by atoms with Crippen molar-refractivity contribution in [3.63, 3.8) is 0 Å². The molecule has 3 atom stereocenters. The number of hydrogen-bond acceptors (Lipinski definition) is 6. The Balaban J connectivity index is 1.41. The van der Waals surface area contributed by atoms with E-state index in [1.165, 1.54) is 15.6 Å². The number of rotatable bonds is 7. The summed E-state index contributed by atoms with van der Waals surface area (Å²) in [5.74, 6) is -0.840. The van der Waals surface area contributed by atoms with Gasteiger partial charge in [0.2, 0.25) is 11.8 Å². The number of halogens is 2. The molecule has 2 N–H and O–H groups in total. The van der Waals surface area contributed by atoms with Crippen molar-refractivity contribution in [2.75, 3.05) is 6.54 Å². The Morgan fingerprint density at radius 2 is 1.97 bits per heavy atom.